The molecule has 233 valence electrons. The van der Waals surface area contributed by atoms with Crippen LogP contribution in [-0.4, -0.2) is 15.8 Å². The molecule has 0 N–H and O–H groups in total. The molecule has 7 radical (unpaired) electrons. The van der Waals surface area contributed by atoms with Crippen molar-refractivity contribution in [2.75, 3.05) is 6.66 Å². The van der Waals surface area contributed by atoms with Crippen LogP contribution in [0, 0.1) is 35.7 Å². The fraction of sp³-hybridized carbons (Fsp3) is 0.146. The van der Waals surface area contributed by atoms with Gasteiger partial charge in [0.25, 0.3) is 0 Å². The monoisotopic (exact) mass is 806 g/mol. The van der Waals surface area contributed by atoms with Crippen molar-refractivity contribution in [2.24, 2.45) is 0 Å². The second-order valence-corrected chi connectivity index (χ2v) is 14.4. The standard InChI is InChI=1S/C13H13P.C12H10FSi.C10H15.C6H5.Ir/c1-14(12-8-4-2-5-9-12)13-10-6-3-7-11-13;13-14(11-7-3-1-4-8-11)12-9-5-2-6-10-12;1-6-7(2)9(4)10(5)8(6)3;1-2-4-6-5-3-1;/h2-11H,1H3;1-10H;1-5H3;1-5H;/q;;;-1;. The Morgan fingerprint density at radius 3 is 0.956 bits per heavy atom. The molecule has 1 aliphatic carbocycles. The average Bonchev–Trinajstić information content (AvgIpc) is 3.28. The third-order valence-electron chi connectivity index (χ3n) is 7.76. The smallest absolute Gasteiger partial charge is 0.302 e. The van der Waals surface area contributed by atoms with Gasteiger partial charge in [-0.3, -0.25) is 0 Å². The van der Waals surface area contributed by atoms with Gasteiger partial charge in [0, 0.05) is 20.1 Å². The van der Waals surface area contributed by atoms with Gasteiger partial charge in [-0.1, -0.05) is 156 Å². The first-order chi connectivity index (χ1) is 21.3. The summed E-state index contributed by atoms with van der Waals surface area (Å²) in [4.78, 5) is 0. The molecule has 1 fully saturated rings. The average molecular weight is 806 g/mol. The summed E-state index contributed by atoms with van der Waals surface area (Å²) in [6, 6.07) is 52.6. The Morgan fingerprint density at radius 1 is 0.444 bits per heavy atom. The summed E-state index contributed by atoms with van der Waals surface area (Å²) in [6.07, 6.45) is 0. The molecule has 0 amide bonds. The first-order valence-electron chi connectivity index (χ1n) is 14.9. The maximum atomic E-state index is 14.0. The molecule has 0 unspecified atom stereocenters. The van der Waals surface area contributed by atoms with E-state index >= 15 is 0 Å². The van der Waals surface area contributed by atoms with E-state index in [1.807, 2.05) is 91.0 Å². The van der Waals surface area contributed by atoms with Gasteiger partial charge >= 0.3 is 9.13 Å². The summed E-state index contributed by atoms with van der Waals surface area (Å²) >= 11 is 0. The largest absolute Gasteiger partial charge is 0.340 e. The number of halogens is 1. The van der Waals surface area contributed by atoms with Crippen molar-refractivity contribution in [2.45, 2.75) is 34.6 Å². The minimum absolute atomic E-state index is 0. The molecular formula is C41H43FIrPSi-. The SMILES string of the molecule is CP(c1ccccc1)c1ccccc1.C[C]1[C](C)[C](C)[C](C)[C]1C.F[Si](c1ccccc1)c1ccccc1.[Ir].[c-]1ccccc1. The molecule has 0 spiro atoms. The van der Waals surface area contributed by atoms with Gasteiger partial charge in [0.15, 0.2) is 0 Å². The van der Waals surface area contributed by atoms with Gasteiger partial charge in [0.05, 0.1) is 0 Å². The molecule has 0 bridgehead atoms. The van der Waals surface area contributed by atoms with E-state index in [1.54, 1.807) is 0 Å². The van der Waals surface area contributed by atoms with Crippen LogP contribution in [0.5, 0.6) is 0 Å². The van der Waals surface area contributed by atoms with E-state index < -0.39 is 9.13 Å². The van der Waals surface area contributed by atoms with Crippen LogP contribution in [0.15, 0.2) is 152 Å². The van der Waals surface area contributed by atoms with Crippen molar-refractivity contribution in [3.05, 3.63) is 187 Å². The summed E-state index contributed by atoms with van der Waals surface area (Å²) in [5.74, 6) is 7.34. The Balaban J connectivity index is 0.000000216. The quantitative estimate of drug-likeness (QED) is 0.0737. The van der Waals surface area contributed by atoms with E-state index in [0.717, 1.165) is 10.4 Å². The minimum Gasteiger partial charge on any atom is -0.302 e. The van der Waals surface area contributed by atoms with E-state index in [1.165, 1.54) is 40.2 Å². The van der Waals surface area contributed by atoms with Crippen LogP contribution in [0.25, 0.3) is 0 Å². The molecule has 0 aliphatic heterocycles. The molecule has 0 nitrogen and oxygen atoms in total. The Bertz CT molecular complexity index is 1180. The molecule has 5 aromatic carbocycles. The van der Waals surface area contributed by atoms with Crippen LogP contribution in [-0.2, 0) is 20.1 Å². The summed E-state index contributed by atoms with van der Waals surface area (Å²) in [5.41, 5.74) is 0. The van der Waals surface area contributed by atoms with Crippen LogP contribution in [0.3, 0.4) is 0 Å². The van der Waals surface area contributed by atoms with E-state index in [4.69, 9.17) is 0 Å². The first kappa shape index (κ1) is 38.5. The van der Waals surface area contributed by atoms with E-state index in [2.05, 4.69) is 108 Å². The van der Waals surface area contributed by atoms with Crippen LogP contribution in [0.1, 0.15) is 34.6 Å². The summed E-state index contributed by atoms with van der Waals surface area (Å²) in [6.45, 7) is 13.3. The number of benzene rings is 5. The molecule has 45 heavy (non-hydrogen) atoms. The van der Waals surface area contributed by atoms with Gasteiger partial charge in [-0.2, -0.15) is 36.4 Å². The van der Waals surface area contributed by atoms with Crippen LogP contribution in [0.2, 0.25) is 0 Å². The molecule has 4 heteroatoms. The van der Waals surface area contributed by atoms with Gasteiger partial charge in [-0.15, -0.1) is 0 Å². The molecule has 1 aliphatic rings. The molecule has 0 saturated heterocycles. The zero-order valence-corrected chi connectivity index (χ0v) is 31.4. The van der Waals surface area contributed by atoms with Crippen molar-refractivity contribution in [3.8, 4) is 0 Å². The third kappa shape index (κ3) is 12.6. The molecule has 0 heterocycles. The topological polar surface area (TPSA) is 0 Å². The van der Waals surface area contributed by atoms with Gasteiger partial charge in [-0.05, 0) is 65.2 Å². The van der Waals surface area contributed by atoms with Gasteiger partial charge in [-0.25, -0.2) is 0 Å². The fourth-order valence-electron chi connectivity index (χ4n) is 4.54. The van der Waals surface area contributed by atoms with Crippen molar-refractivity contribution in [1.29, 1.82) is 0 Å². The Morgan fingerprint density at radius 2 is 0.711 bits per heavy atom. The van der Waals surface area contributed by atoms with Crippen LogP contribution < -0.4 is 21.0 Å². The second-order valence-electron chi connectivity index (χ2n) is 10.5. The maximum Gasteiger partial charge on any atom is 0.340 e. The van der Waals surface area contributed by atoms with Crippen LogP contribution in [0.4, 0.5) is 4.11 Å². The van der Waals surface area contributed by atoms with Crippen molar-refractivity contribution < 1.29 is 24.2 Å². The summed E-state index contributed by atoms with van der Waals surface area (Å²) < 4.78 is 14.0. The second kappa shape index (κ2) is 21.2. The molecule has 1 saturated carbocycles. The molecule has 6 rings (SSSR count). The van der Waals surface area contributed by atoms with E-state index in [-0.39, 0.29) is 28.0 Å². The Kier molecular flexibility index (Phi) is 18.1. The summed E-state index contributed by atoms with van der Waals surface area (Å²) in [5, 5.41) is 4.50. The molecule has 0 aromatic heterocycles. The number of hydrogen-bond donors (Lipinski definition) is 0. The van der Waals surface area contributed by atoms with Gasteiger partial charge in [0.1, 0.15) is 0 Å². The van der Waals surface area contributed by atoms with E-state index in [0.29, 0.717) is 0 Å². The normalized spacial score (nSPS) is 13.9. The number of hydrogen-bond acceptors (Lipinski definition) is 0. The Hall–Kier alpha value is -2.67. The Labute approximate surface area is 289 Å². The van der Waals surface area contributed by atoms with Crippen LogP contribution >= 0.6 is 7.92 Å². The molecule has 0 atom stereocenters. The van der Waals surface area contributed by atoms with Gasteiger partial charge in [0.2, 0.25) is 0 Å². The van der Waals surface area contributed by atoms with Crippen molar-refractivity contribution in [3.63, 3.8) is 0 Å². The number of rotatable bonds is 4. The third-order valence-corrected chi connectivity index (χ3v) is 11.6. The van der Waals surface area contributed by atoms with Crippen molar-refractivity contribution >= 4 is 38.0 Å². The predicted molar refractivity (Wildman–Crippen MR) is 194 cm³/mol. The minimum atomic E-state index is -2.04. The molecular weight excluding hydrogens is 763 g/mol. The summed E-state index contributed by atoms with van der Waals surface area (Å²) in [7, 11) is -2.22. The van der Waals surface area contributed by atoms with E-state index in [9.17, 15) is 4.11 Å². The fourth-order valence-corrected chi connectivity index (χ4v) is 7.38. The first-order valence-corrected chi connectivity index (χ1v) is 18.1. The maximum absolute atomic E-state index is 14.0. The van der Waals surface area contributed by atoms with Crippen molar-refractivity contribution in [1.82, 2.24) is 0 Å². The van der Waals surface area contributed by atoms with Gasteiger partial charge < -0.3 is 4.11 Å². The zero-order valence-electron chi connectivity index (χ0n) is 27.1. The predicted octanol–water partition coefficient (Wildman–Crippen LogP) is 8.97. The molecule has 5 aromatic rings. The zero-order chi connectivity index (χ0) is 31.7.